The summed E-state index contributed by atoms with van der Waals surface area (Å²) < 4.78 is 3.55. The summed E-state index contributed by atoms with van der Waals surface area (Å²) in [6.07, 6.45) is 4.27. The van der Waals surface area contributed by atoms with Crippen LogP contribution >= 0.6 is 54.5 Å². The van der Waals surface area contributed by atoms with Gasteiger partial charge in [0.15, 0.2) is 0 Å². The predicted molar refractivity (Wildman–Crippen MR) is 151 cm³/mol. The van der Waals surface area contributed by atoms with Crippen LogP contribution in [0.25, 0.3) is 33.7 Å². The Morgan fingerprint density at radius 3 is 1.90 bits per heavy atom. The zero-order valence-electron chi connectivity index (χ0n) is 16.6. The monoisotopic (exact) mass is 640 g/mol. The fourth-order valence-electron chi connectivity index (χ4n) is 3.40. The number of halogens is 3. The van der Waals surface area contributed by atoms with Crippen LogP contribution in [0.5, 0.6) is 0 Å². The summed E-state index contributed by atoms with van der Waals surface area (Å²) in [6.45, 7) is 0. The number of benzene rings is 5. The fourth-order valence-corrected chi connectivity index (χ4v) is 4.88. The molecule has 5 aromatic carbocycles. The van der Waals surface area contributed by atoms with E-state index in [1.165, 1.54) is 36.2 Å². The molecule has 0 aliphatic rings. The molecular formula is C28H19Br2I. The van der Waals surface area contributed by atoms with Gasteiger partial charge in [0.1, 0.15) is 0 Å². The first-order valence-corrected chi connectivity index (χ1v) is 12.5. The minimum atomic E-state index is 1.12. The third kappa shape index (κ3) is 5.46. The second-order valence-electron chi connectivity index (χ2n) is 7.00. The van der Waals surface area contributed by atoms with E-state index < -0.39 is 0 Å². The van der Waals surface area contributed by atoms with Crippen molar-refractivity contribution in [3.05, 3.63) is 127 Å². The van der Waals surface area contributed by atoms with Crippen molar-refractivity contribution in [2.24, 2.45) is 0 Å². The third-order valence-electron chi connectivity index (χ3n) is 4.99. The van der Waals surface area contributed by atoms with Crippen molar-refractivity contribution in [2.75, 3.05) is 0 Å². The first-order chi connectivity index (χ1) is 15.1. The summed E-state index contributed by atoms with van der Waals surface area (Å²) in [5.41, 5.74) is 2.45. The molecule has 0 N–H and O–H groups in total. The molecule has 0 nitrogen and oxygen atoms in total. The molecule has 0 spiro atoms. The number of hydrogen-bond acceptors (Lipinski definition) is 0. The van der Waals surface area contributed by atoms with Gasteiger partial charge in [-0.3, -0.25) is 0 Å². The zero-order valence-corrected chi connectivity index (χ0v) is 21.9. The Kier molecular flexibility index (Phi) is 7.59. The van der Waals surface area contributed by atoms with Gasteiger partial charge in [0.25, 0.3) is 0 Å². The highest BCUT2D eigenvalue weighted by Crippen LogP contribution is 2.30. The van der Waals surface area contributed by atoms with Crippen LogP contribution in [0.4, 0.5) is 0 Å². The van der Waals surface area contributed by atoms with Crippen LogP contribution in [0.15, 0.2) is 112 Å². The van der Waals surface area contributed by atoms with Crippen LogP contribution < -0.4 is 0 Å². The van der Waals surface area contributed by atoms with Gasteiger partial charge in [-0.05, 0) is 73.5 Å². The molecule has 0 unspecified atom stereocenters. The molecule has 0 saturated heterocycles. The summed E-state index contributed by atoms with van der Waals surface area (Å²) in [5.74, 6) is 0. The van der Waals surface area contributed by atoms with Crippen LogP contribution in [0.3, 0.4) is 0 Å². The molecule has 31 heavy (non-hydrogen) atoms. The van der Waals surface area contributed by atoms with Crippen LogP contribution in [-0.2, 0) is 0 Å². The molecule has 0 radical (unpaired) electrons. The largest absolute Gasteiger partial charge is 0.0616 e. The number of hydrogen-bond donors (Lipinski definition) is 0. The maximum atomic E-state index is 3.58. The van der Waals surface area contributed by atoms with Gasteiger partial charge in [-0.1, -0.05) is 129 Å². The minimum Gasteiger partial charge on any atom is -0.0616 e. The number of rotatable bonds is 2. The lowest BCUT2D eigenvalue weighted by molar-refractivity contribution is 1.58. The number of fused-ring (bicyclic) bond motifs is 3. The average molecular weight is 642 g/mol. The van der Waals surface area contributed by atoms with E-state index in [1.54, 1.807) is 0 Å². The summed E-state index contributed by atoms with van der Waals surface area (Å²) in [6, 6.07) is 35.7. The second kappa shape index (κ2) is 10.6. The Balaban J connectivity index is 0.000000149. The molecular weight excluding hydrogens is 623 g/mol. The summed E-state index contributed by atoms with van der Waals surface area (Å²) in [5, 5.41) is 5.19. The van der Waals surface area contributed by atoms with Crippen molar-refractivity contribution in [1.82, 2.24) is 0 Å². The smallest absolute Gasteiger partial charge is 0.0253 e. The summed E-state index contributed by atoms with van der Waals surface area (Å²) in [4.78, 5) is 0. The lowest BCUT2D eigenvalue weighted by Crippen LogP contribution is -1.78. The highest BCUT2D eigenvalue weighted by Gasteiger charge is 2.01. The first-order valence-electron chi connectivity index (χ1n) is 9.86. The van der Waals surface area contributed by atoms with Gasteiger partial charge in [0.05, 0.1) is 0 Å². The van der Waals surface area contributed by atoms with Crippen molar-refractivity contribution >= 4 is 88.1 Å². The molecule has 152 valence electrons. The lowest BCUT2D eigenvalue weighted by Gasteiger charge is -2.04. The van der Waals surface area contributed by atoms with Crippen molar-refractivity contribution in [3.63, 3.8) is 0 Å². The molecule has 0 fully saturated rings. The zero-order chi connectivity index (χ0) is 21.6. The normalized spacial score (nSPS) is 10.9. The van der Waals surface area contributed by atoms with Crippen molar-refractivity contribution in [3.8, 4) is 0 Å². The second-order valence-corrected chi connectivity index (χ2v) is 9.87. The van der Waals surface area contributed by atoms with Crippen molar-refractivity contribution in [2.45, 2.75) is 0 Å². The van der Waals surface area contributed by atoms with Crippen LogP contribution in [0, 0.1) is 3.57 Å². The molecule has 0 aliphatic carbocycles. The van der Waals surface area contributed by atoms with E-state index >= 15 is 0 Å². The molecule has 0 atom stereocenters. The Labute approximate surface area is 213 Å². The lowest BCUT2D eigenvalue weighted by atomic mass is 10.0. The molecule has 5 aromatic rings. The highest BCUT2D eigenvalue weighted by molar-refractivity contribution is 14.1. The average Bonchev–Trinajstić information content (AvgIpc) is 2.80. The maximum absolute atomic E-state index is 3.58. The van der Waals surface area contributed by atoms with Gasteiger partial charge in [-0.2, -0.15) is 0 Å². The third-order valence-corrected chi connectivity index (χ3v) is 7.38. The minimum absolute atomic E-state index is 1.12. The van der Waals surface area contributed by atoms with E-state index in [2.05, 4.69) is 158 Å². The van der Waals surface area contributed by atoms with Gasteiger partial charge in [-0.15, -0.1) is 0 Å². The van der Waals surface area contributed by atoms with Crippen LogP contribution in [0.1, 0.15) is 11.1 Å². The van der Waals surface area contributed by atoms with Crippen LogP contribution in [-0.4, -0.2) is 0 Å². The molecule has 0 amide bonds. The van der Waals surface area contributed by atoms with Crippen molar-refractivity contribution < 1.29 is 0 Å². The summed E-state index contributed by atoms with van der Waals surface area (Å²) in [7, 11) is 0. The summed E-state index contributed by atoms with van der Waals surface area (Å²) >= 11 is 9.47. The van der Waals surface area contributed by atoms with E-state index in [-0.39, 0.29) is 0 Å². The SMILES string of the molecule is Brc1cccc2c1ccc1ccccc12.Brc1ccccc1/C=C\c1ccccc1I. The molecule has 0 saturated carbocycles. The Bertz CT molecular complexity index is 1320. The molecule has 0 aromatic heterocycles. The topological polar surface area (TPSA) is 0 Å². The van der Waals surface area contributed by atoms with Crippen LogP contribution in [0.2, 0.25) is 0 Å². The van der Waals surface area contributed by atoms with E-state index in [0.717, 1.165) is 8.95 Å². The Hall–Kier alpha value is -1.95. The van der Waals surface area contributed by atoms with Gasteiger partial charge in [0.2, 0.25) is 0 Å². The predicted octanol–water partition coefficient (Wildman–Crippen LogP) is 9.98. The molecule has 3 heteroatoms. The Morgan fingerprint density at radius 2 is 1.10 bits per heavy atom. The quantitative estimate of drug-likeness (QED) is 0.102. The van der Waals surface area contributed by atoms with E-state index in [0.29, 0.717) is 0 Å². The maximum Gasteiger partial charge on any atom is 0.0253 e. The molecule has 0 bridgehead atoms. The van der Waals surface area contributed by atoms with E-state index in [4.69, 9.17) is 0 Å². The standard InChI is InChI=1S/C14H10BrI.C14H9Br/c15-13-7-3-1-5-11(13)9-10-12-6-2-4-8-14(12)16;15-14-7-3-6-12-11-5-2-1-4-10(11)8-9-13(12)14/h1-10H;1-9H/b10-9-;. The Morgan fingerprint density at radius 1 is 0.484 bits per heavy atom. The van der Waals surface area contributed by atoms with E-state index in [1.807, 2.05) is 12.1 Å². The van der Waals surface area contributed by atoms with Gasteiger partial charge >= 0.3 is 0 Å². The van der Waals surface area contributed by atoms with Gasteiger partial charge in [-0.25, -0.2) is 0 Å². The molecule has 0 aliphatic heterocycles. The van der Waals surface area contributed by atoms with Gasteiger partial charge < -0.3 is 0 Å². The van der Waals surface area contributed by atoms with E-state index in [9.17, 15) is 0 Å². The fraction of sp³-hybridized carbons (Fsp3) is 0. The highest BCUT2D eigenvalue weighted by atomic mass is 127. The van der Waals surface area contributed by atoms with Gasteiger partial charge in [0, 0.05) is 12.5 Å². The molecule has 5 rings (SSSR count). The van der Waals surface area contributed by atoms with Crippen molar-refractivity contribution in [1.29, 1.82) is 0 Å². The molecule has 0 heterocycles. The first kappa shape index (κ1) is 22.3.